The number of nitrogens with one attached hydrogen (secondary N) is 1. The molecule has 3 heterocycles. The maximum absolute atomic E-state index is 9.41. The van der Waals surface area contributed by atoms with E-state index in [0.29, 0.717) is 13.2 Å². The highest BCUT2D eigenvalue weighted by molar-refractivity contribution is 5.51. The summed E-state index contributed by atoms with van der Waals surface area (Å²) in [6.45, 7) is 2.95. The van der Waals surface area contributed by atoms with Crippen molar-refractivity contribution < 1.29 is 14.3 Å². The number of aliphatic hydroxyl groups is 1. The molecule has 90 valence electrons. The van der Waals surface area contributed by atoms with Gasteiger partial charge in [0.25, 0.3) is 0 Å². The number of hydrogen-bond acceptors (Lipinski definition) is 4. The molecule has 2 aromatic rings. The van der Waals surface area contributed by atoms with Gasteiger partial charge < -0.3 is 19.2 Å². The lowest BCUT2D eigenvalue weighted by molar-refractivity contribution is -0.0880. The van der Waals surface area contributed by atoms with E-state index >= 15 is 0 Å². The molecule has 0 unspecified atom stereocenters. The Bertz CT molecular complexity index is 520. The van der Waals surface area contributed by atoms with Gasteiger partial charge in [-0.05, 0) is 19.1 Å². The first-order valence-electron chi connectivity index (χ1n) is 5.54. The molecule has 0 atom stereocenters. The van der Waals surface area contributed by atoms with E-state index in [2.05, 4.69) is 9.97 Å². The Kier molecular flexibility index (Phi) is 2.31. The number of nitrogens with zero attached hydrogens (tertiary/aromatic N) is 1. The number of aromatic amines is 1. The Morgan fingerprint density at radius 2 is 2.29 bits per heavy atom. The lowest BCUT2D eigenvalue weighted by atomic mass is 9.86. The average molecular weight is 234 g/mol. The van der Waals surface area contributed by atoms with Crippen LogP contribution in [0.4, 0.5) is 0 Å². The van der Waals surface area contributed by atoms with Gasteiger partial charge in [-0.25, -0.2) is 4.98 Å². The van der Waals surface area contributed by atoms with Gasteiger partial charge in [0.2, 0.25) is 0 Å². The number of rotatable bonds is 3. The van der Waals surface area contributed by atoms with E-state index in [1.54, 1.807) is 6.20 Å². The number of H-pyrrole nitrogens is 1. The van der Waals surface area contributed by atoms with Crippen molar-refractivity contribution in [3.8, 4) is 11.5 Å². The highest BCUT2D eigenvalue weighted by Gasteiger charge is 2.42. The fourth-order valence-corrected chi connectivity index (χ4v) is 1.95. The van der Waals surface area contributed by atoms with Crippen LogP contribution in [0.2, 0.25) is 0 Å². The molecule has 0 saturated carbocycles. The molecular weight excluding hydrogens is 220 g/mol. The molecule has 5 heteroatoms. The highest BCUT2D eigenvalue weighted by Crippen LogP contribution is 2.31. The van der Waals surface area contributed by atoms with Crippen molar-refractivity contribution in [1.29, 1.82) is 0 Å². The SMILES string of the molecule is Cc1ccc(-c2cnc(C3(CO)COC3)[nH]2)o1. The molecule has 17 heavy (non-hydrogen) atoms. The Labute approximate surface area is 98.4 Å². The maximum atomic E-state index is 9.41. The van der Waals surface area contributed by atoms with Crippen LogP contribution in [0, 0.1) is 6.92 Å². The molecule has 5 nitrogen and oxygen atoms in total. The summed E-state index contributed by atoms with van der Waals surface area (Å²) in [5.41, 5.74) is 0.465. The summed E-state index contributed by atoms with van der Waals surface area (Å²) in [5.74, 6) is 2.38. The van der Waals surface area contributed by atoms with Crippen LogP contribution in [-0.2, 0) is 10.2 Å². The Balaban J connectivity index is 1.92. The van der Waals surface area contributed by atoms with Gasteiger partial charge >= 0.3 is 0 Å². The van der Waals surface area contributed by atoms with Crippen molar-refractivity contribution in [3.63, 3.8) is 0 Å². The minimum Gasteiger partial charge on any atom is -0.460 e. The standard InChI is InChI=1S/C12H14N2O3/c1-8-2-3-10(17-8)9-4-13-11(14-9)12(5-15)6-16-7-12/h2-4,15H,5-7H2,1H3,(H,13,14). The zero-order chi connectivity index (χ0) is 11.9. The van der Waals surface area contributed by atoms with Gasteiger partial charge in [0.05, 0.1) is 31.4 Å². The fraction of sp³-hybridized carbons (Fsp3) is 0.417. The van der Waals surface area contributed by atoms with Crippen molar-refractivity contribution in [2.24, 2.45) is 0 Å². The molecule has 0 amide bonds. The summed E-state index contributed by atoms with van der Waals surface area (Å²) in [6, 6.07) is 3.81. The predicted molar refractivity (Wildman–Crippen MR) is 60.6 cm³/mol. The first kappa shape index (κ1) is 10.6. The summed E-state index contributed by atoms with van der Waals surface area (Å²) in [6.07, 6.45) is 1.73. The molecule has 0 aromatic carbocycles. The van der Waals surface area contributed by atoms with Gasteiger partial charge in [-0.2, -0.15) is 0 Å². The minimum absolute atomic E-state index is 0.0388. The summed E-state index contributed by atoms with van der Waals surface area (Å²) in [5, 5.41) is 9.41. The largest absolute Gasteiger partial charge is 0.460 e. The van der Waals surface area contributed by atoms with E-state index in [4.69, 9.17) is 9.15 Å². The molecule has 1 fully saturated rings. The second kappa shape index (κ2) is 3.72. The lowest BCUT2D eigenvalue weighted by Gasteiger charge is -2.37. The molecule has 0 radical (unpaired) electrons. The van der Waals surface area contributed by atoms with Crippen LogP contribution < -0.4 is 0 Å². The third-order valence-corrected chi connectivity index (χ3v) is 3.14. The number of imidazole rings is 1. The van der Waals surface area contributed by atoms with Crippen LogP contribution in [0.1, 0.15) is 11.6 Å². The average Bonchev–Trinajstić information content (AvgIpc) is 2.86. The van der Waals surface area contributed by atoms with Gasteiger partial charge in [0.1, 0.15) is 17.3 Å². The Morgan fingerprint density at radius 1 is 1.47 bits per heavy atom. The van der Waals surface area contributed by atoms with E-state index in [9.17, 15) is 5.11 Å². The summed E-state index contributed by atoms with van der Waals surface area (Å²) in [4.78, 5) is 7.50. The monoisotopic (exact) mass is 234 g/mol. The Hall–Kier alpha value is -1.59. The Morgan fingerprint density at radius 3 is 2.82 bits per heavy atom. The van der Waals surface area contributed by atoms with E-state index in [1.165, 1.54) is 0 Å². The number of aryl methyl sites for hydroxylation is 1. The molecule has 1 saturated heterocycles. The first-order valence-corrected chi connectivity index (χ1v) is 5.54. The van der Waals surface area contributed by atoms with Gasteiger partial charge in [0, 0.05) is 0 Å². The summed E-state index contributed by atoms with van der Waals surface area (Å²) >= 11 is 0. The quantitative estimate of drug-likeness (QED) is 0.838. The second-order valence-corrected chi connectivity index (χ2v) is 4.49. The van der Waals surface area contributed by atoms with Gasteiger partial charge in [-0.3, -0.25) is 0 Å². The lowest BCUT2D eigenvalue weighted by Crippen LogP contribution is -2.50. The smallest absolute Gasteiger partial charge is 0.152 e. The van der Waals surface area contributed by atoms with E-state index < -0.39 is 0 Å². The topological polar surface area (TPSA) is 71.3 Å². The van der Waals surface area contributed by atoms with Crippen molar-refractivity contribution in [2.75, 3.05) is 19.8 Å². The second-order valence-electron chi connectivity index (χ2n) is 4.49. The minimum atomic E-state index is -0.361. The van der Waals surface area contributed by atoms with Crippen LogP contribution in [0.3, 0.4) is 0 Å². The van der Waals surface area contributed by atoms with Gasteiger partial charge in [-0.1, -0.05) is 0 Å². The first-order chi connectivity index (χ1) is 8.23. The number of furan rings is 1. The van der Waals surface area contributed by atoms with Crippen LogP contribution in [0.15, 0.2) is 22.7 Å². The zero-order valence-electron chi connectivity index (χ0n) is 9.56. The highest BCUT2D eigenvalue weighted by atomic mass is 16.5. The van der Waals surface area contributed by atoms with Crippen LogP contribution in [-0.4, -0.2) is 34.9 Å². The molecule has 1 aliphatic heterocycles. The van der Waals surface area contributed by atoms with E-state index in [0.717, 1.165) is 23.0 Å². The summed E-state index contributed by atoms with van der Waals surface area (Å²) < 4.78 is 10.7. The van der Waals surface area contributed by atoms with Gasteiger partial charge in [0.15, 0.2) is 5.76 Å². The molecule has 2 aromatic heterocycles. The number of ether oxygens (including phenoxy) is 1. The third kappa shape index (κ3) is 1.59. The van der Waals surface area contributed by atoms with Crippen molar-refractivity contribution in [3.05, 3.63) is 29.9 Å². The summed E-state index contributed by atoms with van der Waals surface area (Å²) in [7, 11) is 0. The molecule has 1 aliphatic rings. The maximum Gasteiger partial charge on any atom is 0.152 e. The molecule has 3 rings (SSSR count). The van der Waals surface area contributed by atoms with Crippen LogP contribution in [0.5, 0.6) is 0 Å². The predicted octanol–water partition coefficient (Wildman–Crippen LogP) is 1.24. The number of hydrogen-bond donors (Lipinski definition) is 2. The van der Waals surface area contributed by atoms with Crippen LogP contribution in [0.25, 0.3) is 11.5 Å². The number of aromatic nitrogens is 2. The molecule has 0 bridgehead atoms. The normalized spacial score (nSPS) is 18.0. The van der Waals surface area contributed by atoms with E-state index in [1.807, 2.05) is 19.1 Å². The van der Waals surface area contributed by atoms with Crippen molar-refractivity contribution in [2.45, 2.75) is 12.3 Å². The molecule has 2 N–H and O–H groups in total. The molecular formula is C12H14N2O3. The van der Waals surface area contributed by atoms with Crippen molar-refractivity contribution >= 4 is 0 Å². The molecule has 0 spiro atoms. The number of aliphatic hydroxyl groups excluding tert-OH is 1. The zero-order valence-corrected chi connectivity index (χ0v) is 9.56. The molecule has 0 aliphatic carbocycles. The third-order valence-electron chi connectivity index (χ3n) is 3.14. The van der Waals surface area contributed by atoms with Crippen molar-refractivity contribution in [1.82, 2.24) is 9.97 Å². The van der Waals surface area contributed by atoms with Crippen LogP contribution >= 0.6 is 0 Å². The van der Waals surface area contributed by atoms with Gasteiger partial charge in [-0.15, -0.1) is 0 Å². The van der Waals surface area contributed by atoms with E-state index in [-0.39, 0.29) is 12.0 Å². The fourth-order valence-electron chi connectivity index (χ4n) is 1.95.